The SMILES string of the molecule is CC(C)(C)OC(=O)N(c1ccc(C(=O)OC(C)(C)C(=O)OC(Cc2c(Cl)cncc2Cl)c2ccc(OC(F)F)c(OCC3CC3)c2)cc1OCC1CC1)S(C)(=O)=O. The van der Waals surface area contributed by atoms with Crippen molar-refractivity contribution in [3.63, 3.8) is 0 Å². The molecule has 3 aromatic rings. The highest BCUT2D eigenvalue weighted by atomic mass is 35.5. The van der Waals surface area contributed by atoms with Gasteiger partial charge in [0, 0.05) is 18.8 Å². The highest BCUT2D eigenvalue weighted by Gasteiger charge is 2.38. The molecule has 0 aliphatic heterocycles. The van der Waals surface area contributed by atoms with Crippen molar-refractivity contribution in [3.05, 3.63) is 75.5 Å². The molecule has 0 radical (unpaired) electrons. The van der Waals surface area contributed by atoms with Crippen molar-refractivity contribution in [3.8, 4) is 17.2 Å². The van der Waals surface area contributed by atoms with Crippen LogP contribution in [-0.4, -0.2) is 68.7 Å². The van der Waals surface area contributed by atoms with Crippen LogP contribution in [0.1, 0.15) is 87.9 Å². The number of carbonyl (C=O) groups excluding carboxylic acids is 3. The number of anilines is 1. The molecule has 310 valence electrons. The van der Waals surface area contributed by atoms with Gasteiger partial charge in [0.1, 0.15) is 23.1 Å². The number of sulfonamides is 1. The topological polar surface area (TPSA) is 157 Å². The molecule has 2 fully saturated rings. The normalized spacial score (nSPS) is 15.1. The summed E-state index contributed by atoms with van der Waals surface area (Å²) >= 11 is 12.9. The Morgan fingerprint density at radius 3 is 2.00 bits per heavy atom. The summed E-state index contributed by atoms with van der Waals surface area (Å²) in [6.07, 6.45) is 4.72. The van der Waals surface area contributed by atoms with E-state index in [1.807, 2.05) is 0 Å². The number of esters is 2. The second-order valence-electron chi connectivity index (χ2n) is 15.4. The van der Waals surface area contributed by atoms with Crippen molar-refractivity contribution in [2.45, 2.75) is 90.6 Å². The summed E-state index contributed by atoms with van der Waals surface area (Å²) in [5, 5.41) is 0.336. The summed E-state index contributed by atoms with van der Waals surface area (Å²) in [6.45, 7) is 4.66. The Morgan fingerprint density at radius 1 is 0.860 bits per heavy atom. The molecule has 0 saturated heterocycles. The van der Waals surface area contributed by atoms with Gasteiger partial charge in [-0.2, -0.15) is 13.1 Å². The van der Waals surface area contributed by atoms with Crippen molar-refractivity contribution in [2.75, 3.05) is 23.8 Å². The van der Waals surface area contributed by atoms with Crippen LogP contribution in [0.5, 0.6) is 17.2 Å². The zero-order valence-electron chi connectivity index (χ0n) is 32.2. The Hall–Kier alpha value is -4.41. The molecule has 2 saturated carbocycles. The molecular weight excluding hydrogens is 813 g/mol. The first kappa shape index (κ1) is 43.7. The third-order valence-electron chi connectivity index (χ3n) is 8.63. The number of halogens is 4. The van der Waals surface area contributed by atoms with Crippen LogP contribution in [0.15, 0.2) is 48.8 Å². The summed E-state index contributed by atoms with van der Waals surface area (Å²) in [5.41, 5.74) is -2.65. The minimum absolute atomic E-state index is 0.00243. The van der Waals surface area contributed by atoms with Gasteiger partial charge in [0.05, 0.1) is 35.1 Å². The van der Waals surface area contributed by atoms with Crippen LogP contribution in [0.4, 0.5) is 19.3 Å². The Kier molecular flexibility index (Phi) is 13.5. The van der Waals surface area contributed by atoms with Crippen LogP contribution < -0.4 is 18.5 Å². The van der Waals surface area contributed by atoms with Gasteiger partial charge < -0.3 is 28.4 Å². The second kappa shape index (κ2) is 17.6. The van der Waals surface area contributed by atoms with Crippen LogP contribution in [0.2, 0.25) is 10.0 Å². The lowest BCUT2D eigenvalue weighted by molar-refractivity contribution is -0.168. The van der Waals surface area contributed by atoms with Crippen LogP contribution >= 0.6 is 23.2 Å². The minimum Gasteiger partial charge on any atom is -0.491 e. The van der Waals surface area contributed by atoms with Crippen molar-refractivity contribution in [1.82, 2.24) is 4.98 Å². The number of nitrogens with zero attached hydrogens (tertiary/aromatic N) is 2. The highest BCUT2D eigenvalue weighted by Crippen LogP contribution is 2.40. The number of carbonyl (C=O) groups is 3. The molecule has 1 unspecified atom stereocenters. The minimum atomic E-state index is -4.25. The lowest BCUT2D eigenvalue weighted by Crippen LogP contribution is -2.41. The van der Waals surface area contributed by atoms with Crippen molar-refractivity contribution >= 4 is 56.9 Å². The van der Waals surface area contributed by atoms with E-state index in [1.165, 1.54) is 62.6 Å². The molecular formula is C39H44Cl2F2N2O11S. The number of hydrogen-bond acceptors (Lipinski definition) is 12. The maximum absolute atomic E-state index is 13.9. The lowest BCUT2D eigenvalue weighted by atomic mass is 10.0. The van der Waals surface area contributed by atoms with Gasteiger partial charge in [-0.25, -0.2) is 22.8 Å². The van der Waals surface area contributed by atoms with Crippen LogP contribution in [0.3, 0.4) is 0 Å². The summed E-state index contributed by atoms with van der Waals surface area (Å²) < 4.78 is 86.3. The molecule has 1 heterocycles. The molecule has 13 nitrogen and oxygen atoms in total. The number of amides is 1. The van der Waals surface area contributed by atoms with E-state index < -0.39 is 52.0 Å². The monoisotopic (exact) mass is 856 g/mol. The zero-order chi connectivity index (χ0) is 41.9. The number of ether oxygens (including phenoxy) is 6. The fourth-order valence-corrected chi connectivity index (χ4v) is 6.64. The van der Waals surface area contributed by atoms with E-state index in [0.29, 0.717) is 15.4 Å². The molecule has 2 aromatic carbocycles. The molecule has 2 aliphatic rings. The standard InChI is InChI=1S/C39H44Cl2F2N2O11S/c1-38(2,3)56-37(48)45(57(6,49)50)29-13-11-25(16-32(29)51-20-22-7-8-22)34(46)55-39(4,5)35(47)53-31(17-26-27(40)18-44-19-28(26)41)24-12-14-30(54-36(42)43)33(15-24)52-21-23-9-10-23/h11-16,18-19,22-23,31,36H,7-10,17,20-21H2,1-6H3. The number of benzene rings is 2. The first-order valence-electron chi connectivity index (χ1n) is 18.0. The fourth-order valence-electron chi connectivity index (χ4n) is 5.31. The van der Waals surface area contributed by atoms with E-state index in [4.69, 9.17) is 46.9 Å². The third-order valence-corrected chi connectivity index (χ3v) is 10.3. The van der Waals surface area contributed by atoms with Crippen molar-refractivity contribution in [2.24, 2.45) is 11.8 Å². The van der Waals surface area contributed by atoms with Crippen molar-refractivity contribution in [1.29, 1.82) is 0 Å². The number of aromatic nitrogens is 1. The lowest BCUT2D eigenvalue weighted by Gasteiger charge is -2.28. The summed E-state index contributed by atoms with van der Waals surface area (Å²) in [7, 11) is -4.25. The third kappa shape index (κ3) is 12.3. The van der Waals surface area contributed by atoms with Gasteiger partial charge in [-0.1, -0.05) is 29.3 Å². The van der Waals surface area contributed by atoms with E-state index in [0.717, 1.165) is 31.9 Å². The van der Waals surface area contributed by atoms with Gasteiger partial charge in [0.2, 0.25) is 15.6 Å². The van der Waals surface area contributed by atoms with Crippen LogP contribution in [-0.2, 0) is 35.4 Å². The molecule has 0 N–H and O–H groups in total. The predicted molar refractivity (Wildman–Crippen MR) is 206 cm³/mol. The number of pyridine rings is 1. The average Bonchev–Trinajstić information content (AvgIpc) is 4.03. The van der Waals surface area contributed by atoms with Gasteiger partial charge >= 0.3 is 24.6 Å². The Balaban J connectivity index is 1.43. The van der Waals surface area contributed by atoms with Gasteiger partial charge in [-0.05, 0) is 114 Å². The highest BCUT2D eigenvalue weighted by molar-refractivity contribution is 7.92. The van der Waals surface area contributed by atoms with E-state index in [1.54, 1.807) is 20.8 Å². The largest absolute Gasteiger partial charge is 0.491 e. The number of alkyl halides is 2. The fraction of sp³-hybridized carbons (Fsp3) is 0.487. The first-order valence-corrected chi connectivity index (χ1v) is 20.7. The van der Waals surface area contributed by atoms with E-state index >= 15 is 0 Å². The molecule has 2 aliphatic carbocycles. The van der Waals surface area contributed by atoms with Gasteiger partial charge in [-0.3, -0.25) is 4.98 Å². The van der Waals surface area contributed by atoms with Gasteiger partial charge in [0.25, 0.3) is 0 Å². The Bertz CT molecular complexity index is 2070. The van der Waals surface area contributed by atoms with Crippen LogP contribution in [0, 0.1) is 11.8 Å². The summed E-state index contributed by atoms with van der Waals surface area (Å²) in [6, 6.07) is 7.75. The first-order chi connectivity index (χ1) is 26.6. The van der Waals surface area contributed by atoms with E-state index in [2.05, 4.69) is 9.72 Å². The quantitative estimate of drug-likeness (QED) is 0.0941. The molecule has 57 heavy (non-hydrogen) atoms. The maximum Gasteiger partial charge on any atom is 0.429 e. The van der Waals surface area contributed by atoms with Gasteiger partial charge in [0.15, 0.2) is 11.5 Å². The second-order valence-corrected chi connectivity index (χ2v) is 18.0. The van der Waals surface area contributed by atoms with E-state index in [-0.39, 0.29) is 70.0 Å². The van der Waals surface area contributed by atoms with Crippen LogP contribution in [0.25, 0.3) is 0 Å². The zero-order valence-corrected chi connectivity index (χ0v) is 34.5. The smallest absolute Gasteiger partial charge is 0.429 e. The number of hydrogen-bond donors (Lipinski definition) is 0. The number of rotatable bonds is 17. The van der Waals surface area contributed by atoms with Gasteiger partial charge in [-0.15, -0.1) is 0 Å². The Labute approximate surface area is 339 Å². The average molecular weight is 858 g/mol. The summed E-state index contributed by atoms with van der Waals surface area (Å²) in [5.74, 6) is -1.87. The molecule has 1 atom stereocenters. The molecule has 0 spiro atoms. The van der Waals surface area contributed by atoms with E-state index in [9.17, 15) is 31.6 Å². The summed E-state index contributed by atoms with van der Waals surface area (Å²) in [4.78, 5) is 44.7. The molecule has 18 heteroatoms. The predicted octanol–water partition coefficient (Wildman–Crippen LogP) is 8.73. The van der Waals surface area contributed by atoms with Crippen molar-refractivity contribution < 1.29 is 60.0 Å². The molecule has 0 bridgehead atoms. The molecule has 5 rings (SSSR count). The molecule has 1 aromatic heterocycles. The molecule has 1 amide bonds. The maximum atomic E-state index is 13.9. The Morgan fingerprint density at radius 2 is 1.46 bits per heavy atom.